The van der Waals surface area contributed by atoms with E-state index in [-0.39, 0.29) is 10.5 Å². The highest BCUT2D eigenvalue weighted by Gasteiger charge is 2.33. The lowest BCUT2D eigenvalue weighted by Crippen LogP contribution is -2.39. The molecule has 2 N–H and O–H groups in total. The van der Waals surface area contributed by atoms with Crippen LogP contribution in [0.1, 0.15) is 43.5 Å². The number of urea groups is 1. The number of nitrogens with one attached hydrogen (secondary N) is 2. The first-order chi connectivity index (χ1) is 10.5. The molecule has 1 fully saturated rings. The summed E-state index contributed by atoms with van der Waals surface area (Å²) in [6.07, 6.45) is 2.66. The Kier molecular flexibility index (Phi) is 6.01. The van der Waals surface area contributed by atoms with Gasteiger partial charge >= 0.3 is 6.03 Å². The summed E-state index contributed by atoms with van der Waals surface area (Å²) in [5.41, 5.74) is 0.0720. The molecule has 0 spiro atoms. The van der Waals surface area contributed by atoms with Gasteiger partial charge in [0, 0.05) is 20.3 Å². The minimum Gasteiger partial charge on any atom is -0.385 e. The van der Waals surface area contributed by atoms with Gasteiger partial charge in [-0.05, 0) is 24.7 Å². The highest BCUT2D eigenvalue weighted by atomic mass is 32.1. The number of nitrogens with zero attached hydrogens (tertiary/aromatic N) is 2. The Balaban J connectivity index is 1.82. The molecule has 0 atom stereocenters. The predicted octanol–water partition coefficient (Wildman–Crippen LogP) is 3.19. The molecular weight excluding hydrogens is 314 g/mol. The van der Waals surface area contributed by atoms with Gasteiger partial charge in [-0.3, -0.25) is 5.32 Å². The smallest absolute Gasteiger partial charge is 0.321 e. The topological polar surface area (TPSA) is 76.1 Å². The summed E-state index contributed by atoms with van der Waals surface area (Å²) in [6, 6.07) is -0.444. The molecule has 9 heteroatoms. The van der Waals surface area contributed by atoms with E-state index < -0.39 is 17.5 Å². The minimum absolute atomic E-state index is 0.0720. The monoisotopic (exact) mass is 334 g/mol. The zero-order valence-electron chi connectivity index (χ0n) is 12.4. The predicted molar refractivity (Wildman–Crippen MR) is 79.3 cm³/mol. The van der Waals surface area contributed by atoms with Crippen LogP contribution in [0.3, 0.4) is 0 Å². The fraction of sp³-hybridized carbons (Fsp3) is 0.769. The number of hydrogen-bond donors (Lipinski definition) is 2. The van der Waals surface area contributed by atoms with Crippen molar-refractivity contribution in [1.29, 1.82) is 0 Å². The van der Waals surface area contributed by atoms with Crippen molar-refractivity contribution in [1.82, 2.24) is 15.5 Å². The maximum absolute atomic E-state index is 12.4. The Hall–Kier alpha value is -1.35. The van der Waals surface area contributed by atoms with Gasteiger partial charge in [-0.1, -0.05) is 24.2 Å². The average molecular weight is 334 g/mol. The number of carbonyl (C=O) groups excluding carboxylic acids is 1. The van der Waals surface area contributed by atoms with Gasteiger partial charge in [0.05, 0.1) is 0 Å². The van der Waals surface area contributed by atoms with E-state index in [2.05, 4.69) is 20.8 Å². The van der Waals surface area contributed by atoms with E-state index in [1.165, 1.54) is 0 Å². The van der Waals surface area contributed by atoms with Crippen molar-refractivity contribution < 1.29 is 18.3 Å². The van der Waals surface area contributed by atoms with Crippen molar-refractivity contribution in [3.05, 3.63) is 5.01 Å². The summed E-state index contributed by atoms with van der Waals surface area (Å²) in [5.74, 6) is 0. The van der Waals surface area contributed by atoms with Crippen molar-refractivity contribution in [3.8, 4) is 0 Å². The number of anilines is 1. The number of methoxy groups -OCH3 is 1. The number of rotatable bonds is 7. The van der Waals surface area contributed by atoms with Crippen LogP contribution in [0.2, 0.25) is 0 Å². The number of aromatic nitrogens is 2. The van der Waals surface area contributed by atoms with Crippen LogP contribution in [0.5, 0.6) is 0 Å². The Morgan fingerprint density at radius 1 is 1.41 bits per heavy atom. The van der Waals surface area contributed by atoms with Crippen LogP contribution in [0.15, 0.2) is 0 Å². The van der Waals surface area contributed by atoms with Crippen molar-refractivity contribution in [2.75, 3.05) is 25.6 Å². The molecule has 0 bridgehead atoms. The van der Waals surface area contributed by atoms with Gasteiger partial charge in [-0.25, -0.2) is 13.6 Å². The van der Waals surface area contributed by atoms with Gasteiger partial charge in [-0.15, -0.1) is 10.2 Å². The lowest BCUT2D eigenvalue weighted by Gasteiger charge is -2.28. The quantitative estimate of drug-likeness (QED) is 0.803. The summed E-state index contributed by atoms with van der Waals surface area (Å²) in [7, 11) is 1.67. The molecule has 1 aliphatic carbocycles. The summed E-state index contributed by atoms with van der Waals surface area (Å²) in [6.45, 7) is 1.21. The van der Waals surface area contributed by atoms with Crippen LogP contribution in [0.4, 0.5) is 18.7 Å². The average Bonchev–Trinajstić information content (AvgIpc) is 3.13. The van der Waals surface area contributed by atoms with E-state index in [1.807, 2.05) is 0 Å². The standard InChI is InChI=1S/C13H20F2N4O2S/c1-21-7-6-13(4-2-3-5-13)8-16-11(20)17-12-19-18-10(22-12)9(14)15/h9H,2-8H2,1H3,(H2,16,17,19,20). The number of hydrogen-bond acceptors (Lipinski definition) is 5. The van der Waals surface area contributed by atoms with Crippen LogP contribution in [-0.2, 0) is 4.74 Å². The van der Waals surface area contributed by atoms with Gasteiger partial charge in [0.2, 0.25) is 5.13 Å². The number of alkyl halides is 2. The van der Waals surface area contributed by atoms with E-state index in [0.29, 0.717) is 24.5 Å². The second-order valence-electron chi connectivity index (χ2n) is 5.50. The third kappa shape index (κ3) is 4.57. The lowest BCUT2D eigenvalue weighted by atomic mass is 9.83. The Bertz CT molecular complexity index is 492. The molecule has 22 heavy (non-hydrogen) atoms. The molecule has 124 valence electrons. The van der Waals surface area contributed by atoms with E-state index in [1.54, 1.807) is 7.11 Å². The fourth-order valence-corrected chi connectivity index (χ4v) is 3.34. The molecule has 0 radical (unpaired) electrons. The largest absolute Gasteiger partial charge is 0.385 e. The van der Waals surface area contributed by atoms with Crippen molar-refractivity contribution >= 4 is 22.5 Å². The van der Waals surface area contributed by atoms with Gasteiger partial charge in [0.1, 0.15) is 0 Å². The summed E-state index contributed by atoms with van der Waals surface area (Å²) < 4.78 is 30.0. The van der Waals surface area contributed by atoms with Gasteiger partial charge in [0.15, 0.2) is 5.01 Å². The third-order valence-electron chi connectivity index (χ3n) is 3.97. The fourth-order valence-electron chi connectivity index (χ4n) is 2.74. The van der Waals surface area contributed by atoms with E-state index in [0.717, 1.165) is 32.1 Å². The lowest BCUT2D eigenvalue weighted by molar-refractivity contribution is 0.136. The number of halogens is 2. The minimum atomic E-state index is -2.67. The van der Waals surface area contributed by atoms with Crippen molar-refractivity contribution in [3.63, 3.8) is 0 Å². The molecule has 0 saturated heterocycles. The van der Waals surface area contributed by atoms with Crippen LogP contribution in [0, 0.1) is 5.41 Å². The first-order valence-electron chi connectivity index (χ1n) is 7.20. The molecule has 1 aliphatic rings. The molecule has 1 heterocycles. The molecule has 1 aromatic rings. The molecule has 0 unspecified atom stereocenters. The first-order valence-corrected chi connectivity index (χ1v) is 8.02. The molecule has 1 aromatic heterocycles. The van der Waals surface area contributed by atoms with Gasteiger partial charge in [-0.2, -0.15) is 0 Å². The Morgan fingerprint density at radius 2 is 2.14 bits per heavy atom. The van der Waals surface area contributed by atoms with E-state index in [4.69, 9.17) is 4.74 Å². The summed E-state index contributed by atoms with van der Waals surface area (Å²) >= 11 is 0.676. The maximum atomic E-state index is 12.4. The zero-order valence-corrected chi connectivity index (χ0v) is 13.2. The van der Waals surface area contributed by atoms with Gasteiger partial charge in [0.25, 0.3) is 6.43 Å². The molecule has 6 nitrogen and oxygen atoms in total. The number of amides is 2. The summed E-state index contributed by atoms with van der Waals surface area (Å²) in [4.78, 5) is 11.9. The zero-order chi connectivity index (χ0) is 16.0. The molecule has 1 saturated carbocycles. The number of ether oxygens (including phenoxy) is 1. The highest BCUT2D eigenvalue weighted by Crippen LogP contribution is 2.40. The maximum Gasteiger partial charge on any atom is 0.321 e. The van der Waals surface area contributed by atoms with Crippen molar-refractivity contribution in [2.45, 2.75) is 38.5 Å². The second-order valence-corrected chi connectivity index (χ2v) is 6.51. The van der Waals surface area contributed by atoms with Crippen LogP contribution >= 0.6 is 11.3 Å². The molecular formula is C13H20F2N4O2S. The van der Waals surface area contributed by atoms with Crippen LogP contribution < -0.4 is 10.6 Å². The second kappa shape index (κ2) is 7.77. The Labute approximate surface area is 131 Å². The Morgan fingerprint density at radius 3 is 2.73 bits per heavy atom. The number of carbonyl (C=O) groups is 1. The van der Waals surface area contributed by atoms with E-state index >= 15 is 0 Å². The van der Waals surface area contributed by atoms with Crippen molar-refractivity contribution in [2.24, 2.45) is 5.41 Å². The SMILES string of the molecule is COCCC1(CNC(=O)Nc2nnc(C(F)F)s2)CCCC1. The molecule has 2 amide bonds. The molecule has 0 aromatic carbocycles. The molecule has 2 rings (SSSR count). The first kappa shape index (κ1) is 17.0. The normalized spacial score (nSPS) is 16.9. The van der Waals surface area contributed by atoms with E-state index in [9.17, 15) is 13.6 Å². The summed E-state index contributed by atoms with van der Waals surface area (Å²) in [5, 5.41) is 11.8. The van der Waals surface area contributed by atoms with Gasteiger partial charge < -0.3 is 10.1 Å². The third-order valence-corrected chi connectivity index (χ3v) is 4.82. The molecule has 0 aliphatic heterocycles. The van der Waals surface area contributed by atoms with Crippen LogP contribution in [-0.4, -0.2) is 36.5 Å². The van der Waals surface area contributed by atoms with Crippen LogP contribution in [0.25, 0.3) is 0 Å². The highest BCUT2D eigenvalue weighted by molar-refractivity contribution is 7.15.